The van der Waals surface area contributed by atoms with Crippen molar-refractivity contribution in [1.82, 2.24) is 5.32 Å². The molecule has 18 heavy (non-hydrogen) atoms. The van der Waals surface area contributed by atoms with E-state index in [2.05, 4.69) is 12.2 Å². The summed E-state index contributed by atoms with van der Waals surface area (Å²) in [7, 11) is 0. The van der Waals surface area contributed by atoms with Crippen LogP contribution in [0.3, 0.4) is 0 Å². The maximum absolute atomic E-state index is 11.9. The van der Waals surface area contributed by atoms with Crippen LogP contribution in [0.4, 0.5) is 0 Å². The number of nitrogens with one attached hydrogen (secondary N) is 1. The normalized spacial score (nSPS) is 14.0. The lowest BCUT2D eigenvalue weighted by atomic mass is 10.2. The fourth-order valence-corrected chi connectivity index (χ4v) is 2.64. The lowest BCUT2D eigenvalue weighted by Gasteiger charge is -2.16. The van der Waals surface area contributed by atoms with Gasteiger partial charge in [0.2, 0.25) is 5.91 Å². The Labute approximate surface area is 118 Å². The maximum atomic E-state index is 11.9. The van der Waals surface area contributed by atoms with Gasteiger partial charge in [-0.25, -0.2) is 0 Å². The molecular formula is C14H20ClNOS. The molecule has 1 N–H and O–H groups in total. The van der Waals surface area contributed by atoms with E-state index in [9.17, 15) is 4.79 Å². The predicted molar refractivity (Wildman–Crippen MR) is 79.3 cm³/mol. The zero-order chi connectivity index (χ0) is 13.5. The van der Waals surface area contributed by atoms with Gasteiger partial charge in [-0.15, -0.1) is 11.8 Å². The molecule has 0 fully saturated rings. The van der Waals surface area contributed by atoms with Crippen LogP contribution in [-0.2, 0) is 4.79 Å². The van der Waals surface area contributed by atoms with Gasteiger partial charge in [0.1, 0.15) is 0 Å². The van der Waals surface area contributed by atoms with Gasteiger partial charge in [0.15, 0.2) is 0 Å². The second kappa shape index (κ2) is 7.70. The molecular weight excluding hydrogens is 266 g/mol. The second-order valence-electron chi connectivity index (χ2n) is 4.41. The Bertz CT molecular complexity index is 380. The minimum atomic E-state index is -0.0921. The Hall–Kier alpha value is -0.670. The molecule has 1 aromatic carbocycles. The number of thioether (sulfide) groups is 1. The molecule has 2 atom stereocenters. The van der Waals surface area contributed by atoms with Gasteiger partial charge in [-0.2, -0.15) is 0 Å². The van der Waals surface area contributed by atoms with E-state index in [1.165, 1.54) is 0 Å². The Balaban J connectivity index is 2.46. The van der Waals surface area contributed by atoms with Crippen LogP contribution in [0.25, 0.3) is 0 Å². The summed E-state index contributed by atoms with van der Waals surface area (Å²) in [5.41, 5.74) is 0. The lowest BCUT2D eigenvalue weighted by molar-refractivity contribution is -0.120. The summed E-state index contributed by atoms with van der Waals surface area (Å²) in [6.45, 7) is 6.09. The molecule has 1 rings (SSSR count). The second-order valence-corrected chi connectivity index (χ2v) is 6.26. The van der Waals surface area contributed by atoms with Gasteiger partial charge in [0.05, 0.1) is 5.25 Å². The van der Waals surface area contributed by atoms with Crippen LogP contribution in [0.1, 0.15) is 33.6 Å². The van der Waals surface area contributed by atoms with Crippen LogP contribution in [0.2, 0.25) is 5.02 Å². The summed E-state index contributed by atoms with van der Waals surface area (Å²) in [6, 6.07) is 7.80. The van der Waals surface area contributed by atoms with Crippen LogP contribution >= 0.6 is 23.4 Å². The Morgan fingerprint density at radius 3 is 2.50 bits per heavy atom. The lowest BCUT2D eigenvalue weighted by Crippen LogP contribution is -2.37. The van der Waals surface area contributed by atoms with E-state index in [1.54, 1.807) is 11.8 Å². The van der Waals surface area contributed by atoms with E-state index in [0.717, 1.165) is 17.7 Å². The largest absolute Gasteiger partial charge is 0.353 e. The molecule has 0 aliphatic heterocycles. The van der Waals surface area contributed by atoms with Gasteiger partial charge < -0.3 is 5.32 Å². The highest BCUT2D eigenvalue weighted by atomic mass is 35.5. The van der Waals surface area contributed by atoms with Crippen molar-refractivity contribution in [2.75, 3.05) is 0 Å². The van der Waals surface area contributed by atoms with Gasteiger partial charge in [0.25, 0.3) is 0 Å². The summed E-state index contributed by atoms with van der Waals surface area (Å²) < 4.78 is 0. The monoisotopic (exact) mass is 285 g/mol. The summed E-state index contributed by atoms with van der Waals surface area (Å²) in [4.78, 5) is 13.0. The van der Waals surface area contributed by atoms with Crippen LogP contribution in [-0.4, -0.2) is 17.2 Å². The standard InChI is InChI=1S/C14H20ClNOS/c1-4-5-10(2)16-14(17)11(3)18-13-8-6-12(15)7-9-13/h6-11H,4-5H2,1-3H3,(H,16,17)/t10-,11-/m1/s1. The van der Waals surface area contributed by atoms with E-state index in [-0.39, 0.29) is 17.2 Å². The van der Waals surface area contributed by atoms with E-state index in [0.29, 0.717) is 5.02 Å². The number of hydrogen-bond donors (Lipinski definition) is 1. The molecule has 100 valence electrons. The molecule has 0 aromatic heterocycles. The van der Waals surface area contributed by atoms with E-state index >= 15 is 0 Å². The number of halogens is 1. The summed E-state index contributed by atoms with van der Waals surface area (Å²) in [6.07, 6.45) is 2.10. The van der Waals surface area contributed by atoms with Crippen molar-refractivity contribution in [3.63, 3.8) is 0 Å². The molecule has 2 nitrogen and oxygen atoms in total. The third-order valence-electron chi connectivity index (χ3n) is 2.61. The Morgan fingerprint density at radius 2 is 1.94 bits per heavy atom. The fourth-order valence-electron chi connectivity index (χ4n) is 1.64. The first kappa shape index (κ1) is 15.4. The van der Waals surface area contributed by atoms with Gasteiger partial charge in [-0.1, -0.05) is 24.9 Å². The zero-order valence-corrected chi connectivity index (χ0v) is 12.6. The third kappa shape index (κ3) is 5.32. The molecule has 0 spiro atoms. The van der Waals surface area contributed by atoms with Gasteiger partial charge in [0, 0.05) is 16.0 Å². The van der Waals surface area contributed by atoms with Crippen molar-refractivity contribution in [1.29, 1.82) is 0 Å². The molecule has 1 amide bonds. The van der Waals surface area contributed by atoms with Crippen molar-refractivity contribution in [3.05, 3.63) is 29.3 Å². The number of benzene rings is 1. The van der Waals surface area contributed by atoms with Crippen LogP contribution in [0.15, 0.2) is 29.2 Å². The Morgan fingerprint density at radius 1 is 1.33 bits per heavy atom. The molecule has 0 saturated heterocycles. The van der Waals surface area contributed by atoms with Crippen LogP contribution in [0.5, 0.6) is 0 Å². The van der Waals surface area contributed by atoms with Crippen molar-refractivity contribution in [2.45, 2.75) is 49.8 Å². The third-order valence-corrected chi connectivity index (χ3v) is 3.97. The first-order valence-electron chi connectivity index (χ1n) is 6.25. The highest BCUT2D eigenvalue weighted by Crippen LogP contribution is 2.24. The van der Waals surface area contributed by atoms with Crippen molar-refractivity contribution >= 4 is 29.3 Å². The molecule has 4 heteroatoms. The number of amides is 1. The molecule has 0 saturated carbocycles. The van der Waals surface area contributed by atoms with Gasteiger partial charge in [-0.05, 0) is 44.5 Å². The quantitative estimate of drug-likeness (QED) is 0.797. The van der Waals surface area contributed by atoms with Crippen molar-refractivity contribution < 1.29 is 4.79 Å². The fraction of sp³-hybridized carbons (Fsp3) is 0.500. The highest BCUT2D eigenvalue weighted by molar-refractivity contribution is 8.00. The molecule has 0 bridgehead atoms. The topological polar surface area (TPSA) is 29.1 Å². The molecule has 1 aromatic rings. The van der Waals surface area contributed by atoms with Crippen LogP contribution in [0, 0.1) is 0 Å². The van der Waals surface area contributed by atoms with Gasteiger partial charge >= 0.3 is 0 Å². The van der Waals surface area contributed by atoms with Gasteiger partial charge in [-0.3, -0.25) is 4.79 Å². The number of carbonyl (C=O) groups is 1. The predicted octanol–water partition coefficient (Wildman–Crippen LogP) is 4.13. The molecule has 0 aliphatic carbocycles. The molecule has 0 radical (unpaired) electrons. The van der Waals surface area contributed by atoms with Crippen molar-refractivity contribution in [3.8, 4) is 0 Å². The van der Waals surface area contributed by atoms with Crippen LogP contribution < -0.4 is 5.32 Å². The van der Waals surface area contributed by atoms with E-state index in [1.807, 2.05) is 38.1 Å². The average Bonchev–Trinajstić information content (AvgIpc) is 2.32. The van der Waals surface area contributed by atoms with Crippen molar-refractivity contribution in [2.24, 2.45) is 0 Å². The maximum Gasteiger partial charge on any atom is 0.233 e. The minimum absolute atomic E-state index is 0.0921. The average molecular weight is 286 g/mol. The number of rotatable bonds is 6. The Kier molecular flexibility index (Phi) is 6.58. The highest BCUT2D eigenvalue weighted by Gasteiger charge is 2.15. The summed E-state index contributed by atoms with van der Waals surface area (Å²) in [5, 5.41) is 3.65. The number of carbonyl (C=O) groups excluding carboxylic acids is 1. The molecule has 0 unspecified atom stereocenters. The summed E-state index contributed by atoms with van der Waals surface area (Å²) >= 11 is 7.38. The SMILES string of the molecule is CCC[C@@H](C)NC(=O)[C@@H](C)Sc1ccc(Cl)cc1. The molecule has 0 heterocycles. The molecule has 0 aliphatic rings. The first-order chi connectivity index (χ1) is 8.52. The first-order valence-corrected chi connectivity index (χ1v) is 7.51. The number of hydrogen-bond acceptors (Lipinski definition) is 2. The minimum Gasteiger partial charge on any atom is -0.353 e. The van der Waals surface area contributed by atoms with E-state index < -0.39 is 0 Å². The smallest absolute Gasteiger partial charge is 0.233 e. The zero-order valence-electron chi connectivity index (χ0n) is 11.1. The van der Waals surface area contributed by atoms with E-state index in [4.69, 9.17) is 11.6 Å². The summed E-state index contributed by atoms with van der Waals surface area (Å²) in [5.74, 6) is 0.0934.